The van der Waals surface area contributed by atoms with Crippen LogP contribution in [0.5, 0.6) is 5.75 Å². The Hall–Kier alpha value is -2.89. The second-order valence-corrected chi connectivity index (χ2v) is 9.58. The molecule has 0 aromatic heterocycles. The number of benzene rings is 4. The molecule has 0 fully saturated rings. The minimum absolute atomic E-state index is 0.0426. The molecule has 0 radical (unpaired) electrons. The van der Waals surface area contributed by atoms with Crippen LogP contribution in [0, 0.1) is 0 Å². The van der Waals surface area contributed by atoms with Crippen molar-refractivity contribution in [2.75, 3.05) is 0 Å². The van der Waals surface area contributed by atoms with Crippen molar-refractivity contribution >= 4 is 28.5 Å². The molecule has 0 aliphatic carbocycles. The van der Waals surface area contributed by atoms with Gasteiger partial charge in [-0.3, -0.25) is 0 Å². The Morgan fingerprint density at radius 2 is 0.692 bits per heavy atom. The third-order valence-corrected chi connectivity index (χ3v) is 8.95. The SMILES string of the molecule is [O-]c1ccc([P+](c2ccccc2)(c2ccccc2)c2ccccc2)cc1. The molecule has 0 atom stereocenters. The first-order valence-electron chi connectivity index (χ1n) is 8.65. The van der Waals surface area contributed by atoms with Crippen molar-refractivity contribution < 1.29 is 5.11 Å². The van der Waals surface area contributed by atoms with Crippen LogP contribution >= 0.6 is 7.26 Å². The zero-order chi connectivity index (χ0) is 17.8. The first-order valence-corrected chi connectivity index (χ1v) is 10.4. The number of hydrogen-bond acceptors (Lipinski definition) is 1. The van der Waals surface area contributed by atoms with Gasteiger partial charge in [0.25, 0.3) is 0 Å². The van der Waals surface area contributed by atoms with Gasteiger partial charge in [0.05, 0.1) is 0 Å². The third kappa shape index (κ3) is 2.81. The Balaban J connectivity index is 2.12. The van der Waals surface area contributed by atoms with Gasteiger partial charge in [-0.1, -0.05) is 66.7 Å². The van der Waals surface area contributed by atoms with Crippen LogP contribution in [-0.2, 0) is 0 Å². The zero-order valence-corrected chi connectivity index (χ0v) is 15.2. The van der Waals surface area contributed by atoms with E-state index in [1.54, 1.807) is 12.1 Å². The molecule has 4 aromatic carbocycles. The summed E-state index contributed by atoms with van der Waals surface area (Å²) in [5.74, 6) is 0.0426. The molecular formula is C24H19OP. The average Bonchev–Trinajstić information content (AvgIpc) is 2.72. The van der Waals surface area contributed by atoms with Crippen LogP contribution in [0.1, 0.15) is 0 Å². The molecule has 1 nitrogen and oxygen atoms in total. The average molecular weight is 354 g/mol. The van der Waals surface area contributed by atoms with Gasteiger partial charge in [-0.15, -0.1) is 5.75 Å². The summed E-state index contributed by atoms with van der Waals surface area (Å²) in [5.41, 5.74) is 0. The van der Waals surface area contributed by atoms with E-state index in [-0.39, 0.29) is 5.75 Å². The molecule has 4 rings (SSSR count). The summed E-state index contributed by atoms with van der Waals surface area (Å²) in [5, 5.41) is 16.8. The van der Waals surface area contributed by atoms with Crippen LogP contribution in [0.4, 0.5) is 0 Å². The Morgan fingerprint density at radius 1 is 0.385 bits per heavy atom. The maximum atomic E-state index is 11.8. The molecule has 2 heteroatoms. The van der Waals surface area contributed by atoms with Crippen molar-refractivity contribution in [2.24, 2.45) is 0 Å². The van der Waals surface area contributed by atoms with Crippen molar-refractivity contribution in [2.45, 2.75) is 0 Å². The van der Waals surface area contributed by atoms with E-state index in [9.17, 15) is 5.11 Å². The quantitative estimate of drug-likeness (QED) is 0.515. The standard InChI is InChI=1S/C24H19OP/c25-20-16-18-24(19-17-20)26(21-10-4-1-5-11-21,22-12-6-2-7-13-22)23-14-8-3-9-15-23/h1-19H. The molecule has 0 spiro atoms. The summed E-state index contributed by atoms with van der Waals surface area (Å²) < 4.78 is 0. The maximum Gasteiger partial charge on any atom is 0.144 e. The van der Waals surface area contributed by atoms with E-state index in [0.717, 1.165) is 0 Å². The maximum absolute atomic E-state index is 11.8. The van der Waals surface area contributed by atoms with Gasteiger partial charge in [-0.25, -0.2) is 0 Å². The van der Waals surface area contributed by atoms with Crippen LogP contribution < -0.4 is 26.3 Å². The highest BCUT2D eigenvalue weighted by Gasteiger charge is 2.47. The fourth-order valence-corrected chi connectivity index (χ4v) is 7.76. The van der Waals surface area contributed by atoms with Crippen molar-refractivity contribution in [3.05, 3.63) is 115 Å². The van der Waals surface area contributed by atoms with E-state index in [1.807, 2.05) is 12.1 Å². The lowest BCUT2D eigenvalue weighted by molar-refractivity contribution is -0.268. The molecular weight excluding hydrogens is 335 g/mol. The van der Waals surface area contributed by atoms with Crippen LogP contribution in [0.3, 0.4) is 0 Å². The summed E-state index contributed by atoms with van der Waals surface area (Å²) >= 11 is 0. The predicted molar refractivity (Wildman–Crippen MR) is 111 cm³/mol. The van der Waals surface area contributed by atoms with Crippen LogP contribution in [0.15, 0.2) is 115 Å². The van der Waals surface area contributed by atoms with E-state index in [4.69, 9.17) is 0 Å². The summed E-state index contributed by atoms with van der Waals surface area (Å²) in [6, 6.07) is 39.3. The molecule has 0 aliphatic rings. The molecule has 0 aliphatic heterocycles. The lowest BCUT2D eigenvalue weighted by Gasteiger charge is -2.27. The van der Waals surface area contributed by atoms with E-state index in [0.29, 0.717) is 0 Å². The van der Waals surface area contributed by atoms with E-state index >= 15 is 0 Å². The predicted octanol–water partition coefficient (Wildman–Crippen LogP) is 3.38. The van der Waals surface area contributed by atoms with Gasteiger partial charge in [-0.2, -0.15) is 0 Å². The van der Waals surface area contributed by atoms with Gasteiger partial charge in [0, 0.05) is 0 Å². The first-order chi connectivity index (χ1) is 12.8. The second kappa shape index (κ2) is 7.15. The summed E-state index contributed by atoms with van der Waals surface area (Å²) in [7, 11) is -2.06. The van der Waals surface area contributed by atoms with Gasteiger partial charge in [-0.05, 0) is 48.5 Å². The van der Waals surface area contributed by atoms with Crippen LogP contribution in [0.2, 0.25) is 0 Å². The Kier molecular flexibility index (Phi) is 4.56. The van der Waals surface area contributed by atoms with Gasteiger partial charge >= 0.3 is 0 Å². The molecule has 0 bridgehead atoms. The van der Waals surface area contributed by atoms with Crippen molar-refractivity contribution in [3.63, 3.8) is 0 Å². The smallest absolute Gasteiger partial charge is 0.144 e. The molecule has 126 valence electrons. The summed E-state index contributed by atoms with van der Waals surface area (Å²) in [6.45, 7) is 0. The minimum atomic E-state index is -2.06. The lowest BCUT2D eigenvalue weighted by Crippen LogP contribution is -2.38. The largest absolute Gasteiger partial charge is 0.872 e. The monoisotopic (exact) mass is 354 g/mol. The summed E-state index contributed by atoms with van der Waals surface area (Å²) in [4.78, 5) is 0. The van der Waals surface area contributed by atoms with Crippen molar-refractivity contribution in [1.29, 1.82) is 0 Å². The lowest BCUT2D eigenvalue weighted by atomic mass is 10.3. The van der Waals surface area contributed by atoms with Crippen molar-refractivity contribution in [1.82, 2.24) is 0 Å². The van der Waals surface area contributed by atoms with E-state index in [2.05, 4.69) is 91.0 Å². The molecule has 0 unspecified atom stereocenters. The van der Waals surface area contributed by atoms with Gasteiger partial charge in [0.2, 0.25) is 0 Å². The molecule has 0 heterocycles. The number of rotatable bonds is 4. The first kappa shape index (κ1) is 16.6. The van der Waals surface area contributed by atoms with E-state index < -0.39 is 7.26 Å². The normalized spacial score (nSPS) is 11.2. The Labute approximate surface area is 154 Å². The van der Waals surface area contributed by atoms with Crippen LogP contribution in [0.25, 0.3) is 0 Å². The zero-order valence-electron chi connectivity index (χ0n) is 14.3. The summed E-state index contributed by atoms with van der Waals surface area (Å²) in [6.07, 6.45) is 0. The van der Waals surface area contributed by atoms with Gasteiger partial charge < -0.3 is 5.11 Å². The highest BCUT2D eigenvalue weighted by atomic mass is 31.2. The minimum Gasteiger partial charge on any atom is -0.872 e. The number of hydrogen-bond donors (Lipinski definition) is 0. The molecule has 0 N–H and O–H groups in total. The molecule has 26 heavy (non-hydrogen) atoms. The highest BCUT2D eigenvalue weighted by Crippen LogP contribution is 2.54. The van der Waals surface area contributed by atoms with E-state index in [1.165, 1.54) is 21.2 Å². The second-order valence-electron chi connectivity index (χ2n) is 6.17. The molecule has 4 aromatic rings. The van der Waals surface area contributed by atoms with Gasteiger partial charge in [0.1, 0.15) is 28.5 Å². The Morgan fingerprint density at radius 3 is 1.04 bits per heavy atom. The van der Waals surface area contributed by atoms with Crippen LogP contribution in [-0.4, -0.2) is 0 Å². The fourth-order valence-electron chi connectivity index (χ4n) is 3.52. The highest BCUT2D eigenvalue weighted by molar-refractivity contribution is 8.01. The third-order valence-electron chi connectivity index (χ3n) is 4.65. The van der Waals surface area contributed by atoms with Gasteiger partial charge in [0.15, 0.2) is 0 Å². The fraction of sp³-hybridized carbons (Fsp3) is 0. The van der Waals surface area contributed by atoms with Crippen molar-refractivity contribution in [3.8, 4) is 5.75 Å². The molecule has 0 saturated heterocycles. The topological polar surface area (TPSA) is 23.1 Å². The molecule has 0 amide bonds. The molecule has 0 saturated carbocycles. The Bertz CT molecular complexity index is 868.